The molecule has 0 aliphatic carbocycles. The van der Waals surface area contributed by atoms with Gasteiger partial charge < -0.3 is 9.30 Å². The van der Waals surface area contributed by atoms with Crippen molar-refractivity contribution >= 4 is 11.0 Å². The minimum atomic E-state index is 0.598. The number of aryl methyl sites for hydroxylation is 3. The fourth-order valence-electron chi connectivity index (χ4n) is 3.17. The highest BCUT2D eigenvalue weighted by Crippen LogP contribution is 2.23. The Morgan fingerprint density at radius 1 is 1.04 bits per heavy atom. The van der Waals surface area contributed by atoms with Gasteiger partial charge in [-0.05, 0) is 74.1 Å². The summed E-state index contributed by atoms with van der Waals surface area (Å²) in [7, 11) is 0. The van der Waals surface area contributed by atoms with Crippen molar-refractivity contribution in [1.29, 1.82) is 0 Å². The van der Waals surface area contributed by atoms with Crippen LogP contribution in [0.25, 0.3) is 11.0 Å². The molecule has 0 aliphatic rings. The number of ether oxygens (including phenoxy) is 1. The first-order valence-corrected chi connectivity index (χ1v) is 9.16. The molecule has 3 rings (SSSR count). The van der Waals surface area contributed by atoms with Crippen LogP contribution in [-0.2, 0) is 6.54 Å². The van der Waals surface area contributed by atoms with Crippen LogP contribution in [0.2, 0.25) is 0 Å². The topological polar surface area (TPSA) is 27.1 Å². The van der Waals surface area contributed by atoms with E-state index in [0.717, 1.165) is 30.1 Å². The number of fused-ring (bicyclic) bond motifs is 1. The molecule has 1 aromatic heterocycles. The van der Waals surface area contributed by atoms with Crippen molar-refractivity contribution in [3.8, 4) is 5.75 Å². The minimum absolute atomic E-state index is 0.598. The van der Waals surface area contributed by atoms with E-state index in [1.807, 2.05) is 0 Å². The molecule has 2 aromatic carbocycles. The maximum absolute atomic E-state index is 5.96. The second-order valence-corrected chi connectivity index (χ2v) is 6.96. The summed E-state index contributed by atoms with van der Waals surface area (Å²) in [5.41, 5.74) is 6.22. The number of hydrogen-bond donors (Lipinski definition) is 0. The van der Waals surface area contributed by atoms with Crippen LogP contribution in [0.1, 0.15) is 48.7 Å². The lowest BCUT2D eigenvalue weighted by molar-refractivity contribution is 0.299. The van der Waals surface area contributed by atoms with Crippen molar-refractivity contribution < 1.29 is 4.74 Å². The highest BCUT2D eigenvalue weighted by Gasteiger charge is 2.09. The highest BCUT2D eigenvalue weighted by molar-refractivity contribution is 5.78. The molecule has 0 radical (unpaired) electrons. The molecular weight excluding hydrogens is 308 g/mol. The van der Waals surface area contributed by atoms with E-state index >= 15 is 0 Å². The normalized spacial score (nSPS) is 12.5. The second-order valence-electron chi connectivity index (χ2n) is 6.96. The molecule has 3 aromatic rings. The summed E-state index contributed by atoms with van der Waals surface area (Å²) < 4.78 is 8.20. The third kappa shape index (κ3) is 3.71. The van der Waals surface area contributed by atoms with Crippen LogP contribution in [0.5, 0.6) is 5.75 Å². The molecule has 0 saturated heterocycles. The highest BCUT2D eigenvalue weighted by atomic mass is 16.5. The molecule has 3 nitrogen and oxygen atoms in total. The van der Waals surface area contributed by atoms with Crippen LogP contribution in [0.15, 0.2) is 36.4 Å². The van der Waals surface area contributed by atoms with E-state index in [1.165, 1.54) is 22.2 Å². The minimum Gasteiger partial charge on any atom is -0.492 e. The smallest absolute Gasteiger partial charge is 0.119 e. The first-order chi connectivity index (χ1) is 12.0. The van der Waals surface area contributed by atoms with Crippen molar-refractivity contribution in [3.63, 3.8) is 0 Å². The molecule has 1 heterocycles. The van der Waals surface area contributed by atoms with Crippen LogP contribution in [0.3, 0.4) is 0 Å². The van der Waals surface area contributed by atoms with E-state index in [2.05, 4.69) is 80.6 Å². The molecule has 25 heavy (non-hydrogen) atoms. The van der Waals surface area contributed by atoms with Gasteiger partial charge in [0.05, 0.1) is 17.6 Å². The van der Waals surface area contributed by atoms with Gasteiger partial charge in [0.15, 0.2) is 0 Å². The van der Waals surface area contributed by atoms with Crippen LogP contribution >= 0.6 is 0 Å². The van der Waals surface area contributed by atoms with Gasteiger partial charge in [0.25, 0.3) is 0 Å². The summed E-state index contributed by atoms with van der Waals surface area (Å²) in [4.78, 5) is 4.69. The Balaban J connectivity index is 1.69. The van der Waals surface area contributed by atoms with E-state index in [9.17, 15) is 0 Å². The number of benzene rings is 2. The maximum atomic E-state index is 5.96. The van der Waals surface area contributed by atoms with Gasteiger partial charge in [-0.25, -0.2) is 4.98 Å². The Labute approximate surface area is 150 Å². The fourth-order valence-corrected chi connectivity index (χ4v) is 3.17. The van der Waals surface area contributed by atoms with E-state index in [1.54, 1.807) is 0 Å². The number of aromatic nitrogens is 2. The third-order valence-electron chi connectivity index (χ3n) is 5.20. The van der Waals surface area contributed by atoms with E-state index < -0.39 is 0 Å². The van der Waals surface area contributed by atoms with Gasteiger partial charge in [0.2, 0.25) is 0 Å². The van der Waals surface area contributed by atoms with E-state index in [-0.39, 0.29) is 0 Å². The molecular formula is C22H28N2O. The average Bonchev–Trinajstić information content (AvgIpc) is 2.90. The van der Waals surface area contributed by atoms with Crippen molar-refractivity contribution in [3.05, 3.63) is 58.9 Å². The van der Waals surface area contributed by atoms with Crippen molar-refractivity contribution in [2.24, 2.45) is 0 Å². The Morgan fingerprint density at radius 3 is 2.40 bits per heavy atom. The molecule has 1 atom stereocenters. The SMILES string of the molecule is CCC(C)c1ccc(OCCn2c(C)nc3cc(C)c(C)cc32)cc1. The molecule has 0 saturated carbocycles. The molecule has 3 heteroatoms. The molecule has 0 spiro atoms. The lowest BCUT2D eigenvalue weighted by Gasteiger charge is -2.12. The molecule has 0 bridgehead atoms. The van der Waals surface area contributed by atoms with Gasteiger partial charge in [0.1, 0.15) is 18.2 Å². The van der Waals surface area contributed by atoms with E-state index in [0.29, 0.717) is 12.5 Å². The predicted molar refractivity (Wildman–Crippen MR) is 105 cm³/mol. The van der Waals surface area contributed by atoms with Gasteiger partial charge in [-0.15, -0.1) is 0 Å². The zero-order valence-corrected chi connectivity index (χ0v) is 16.0. The van der Waals surface area contributed by atoms with Crippen LogP contribution < -0.4 is 4.74 Å². The zero-order chi connectivity index (χ0) is 18.0. The second kappa shape index (κ2) is 7.30. The van der Waals surface area contributed by atoms with Gasteiger partial charge in [-0.2, -0.15) is 0 Å². The summed E-state index contributed by atoms with van der Waals surface area (Å²) in [6, 6.07) is 12.9. The largest absolute Gasteiger partial charge is 0.492 e. The number of hydrogen-bond acceptors (Lipinski definition) is 2. The molecule has 0 N–H and O–H groups in total. The van der Waals surface area contributed by atoms with Crippen molar-refractivity contribution in [1.82, 2.24) is 9.55 Å². The molecule has 0 fully saturated rings. The predicted octanol–water partition coefficient (Wildman–Crippen LogP) is 5.55. The quantitative estimate of drug-likeness (QED) is 0.590. The lowest BCUT2D eigenvalue weighted by atomic mass is 9.99. The molecule has 0 amide bonds. The summed E-state index contributed by atoms with van der Waals surface area (Å²) in [5.74, 6) is 2.57. The third-order valence-corrected chi connectivity index (χ3v) is 5.20. The number of rotatable bonds is 6. The maximum Gasteiger partial charge on any atom is 0.119 e. The monoisotopic (exact) mass is 336 g/mol. The first-order valence-electron chi connectivity index (χ1n) is 9.16. The van der Waals surface area contributed by atoms with Crippen LogP contribution in [-0.4, -0.2) is 16.2 Å². The van der Waals surface area contributed by atoms with Gasteiger partial charge in [-0.3, -0.25) is 0 Å². The van der Waals surface area contributed by atoms with Gasteiger partial charge >= 0.3 is 0 Å². The average molecular weight is 336 g/mol. The Bertz CT molecular complexity index is 862. The van der Waals surface area contributed by atoms with Gasteiger partial charge in [0, 0.05) is 0 Å². The number of imidazole rings is 1. The molecule has 1 unspecified atom stereocenters. The van der Waals surface area contributed by atoms with E-state index in [4.69, 9.17) is 4.74 Å². The standard InChI is InChI=1S/C22H28N2O/c1-6-15(2)19-7-9-20(10-8-19)25-12-11-24-18(5)23-21-13-16(3)17(4)14-22(21)24/h7-10,13-15H,6,11-12H2,1-5H3. The summed E-state index contributed by atoms with van der Waals surface area (Å²) in [6.07, 6.45) is 1.16. The van der Waals surface area contributed by atoms with Crippen molar-refractivity contribution in [2.45, 2.75) is 53.5 Å². The Morgan fingerprint density at radius 2 is 1.72 bits per heavy atom. The van der Waals surface area contributed by atoms with Crippen molar-refractivity contribution in [2.75, 3.05) is 6.61 Å². The van der Waals surface area contributed by atoms with Crippen LogP contribution in [0.4, 0.5) is 0 Å². The summed E-state index contributed by atoms with van der Waals surface area (Å²) >= 11 is 0. The lowest BCUT2D eigenvalue weighted by Crippen LogP contribution is -2.09. The summed E-state index contributed by atoms with van der Waals surface area (Å²) in [6.45, 7) is 12.3. The number of nitrogens with zero attached hydrogens (tertiary/aromatic N) is 2. The molecule has 132 valence electrons. The molecule has 0 aliphatic heterocycles. The fraction of sp³-hybridized carbons (Fsp3) is 0.409. The Kier molecular flexibility index (Phi) is 5.12. The summed E-state index contributed by atoms with van der Waals surface area (Å²) in [5, 5.41) is 0. The van der Waals surface area contributed by atoms with Crippen LogP contribution in [0, 0.1) is 20.8 Å². The van der Waals surface area contributed by atoms with Gasteiger partial charge in [-0.1, -0.05) is 26.0 Å². The Hall–Kier alpha value is -2.29. The first kappa shape index (κ1) is 17.5. The zero-order valence-electron chi connectivity index (χ0n) is 16.0.